The smallest absolute Gasteiger partial charge is 0.289 e. The maximum Gasteiger partial charge on any atom is 0.289 e. The van der Waals surface area contributed by atoms with Crippen molar-refractivity contribution < 1.29 is 13.6 Å². The molecule has 5 heteroatoms. The molecule has 0 bridgehead atoms. The van der Waals surface area contributed by atoms with Crippen molar-refractivity contribution in [3.05, 3.63) is 35.4 Å². The van der Waals surface area contributed by atoms with Crippen LogP contribution in [0.25, 0.3) is 0 Å². The topological polar surface area (TPSA) is 20.3 Å². The summed E-state index contributed by atoms with van der Waals surface area (Å²) in [7, 11) is 1.55. The predicted molar refractivity (Wildman–Crippen MR) is 52.1 cm³/mol. The zero-order chi connectivity index (χ0) is 10.7. The Bertz CT molecular complexity index is 357. The van der Waals surface area contributed by atoms with Crippen LogP contribution in [-0.2, 0) is 6.54 Å². The Hall–Kier alpha value is -0.970. The second-order valence-electron chi connectivity index (χ2n) is 2.86. The van der Waals surface area contributed by atoms with E-state index in [2.05, 4.69) is 15.9 Å². The lowest BCUT2D eigenvalue weighted by molar-refractivity contribution is 0.233. The van der Waals surface area contributed by atoms with Gasteiger partial charge in [0.2, 0.25) is 0 Å². The van der Waals surface area contributed by atoms with Gasteiger partial charge in [0.1, 0.15) is 0 Å². The second-order valence-corrected chi connectivity index (χ2v) is 3.54. The van der Waals surface area contributed by atoms with E-state index in [-0.39, 0.29) is 11.4 Å². The molecule has 0 aliphatic rings. The summed E-state index contributed by atoms with van der Waals surface area (Å²) in [5, 5.41) is 0. The Morgan fingerprint density at radius 2 is 2.07 bits per heavy atom. The summed E-state index contributed by atoms with van der Waals surface area (Å²) < 4.78 is 25.3. The standard InChI is InChI=1S/C9H8BrF2NO/c1-13(9(10)14)5-6-2-3-7(11)8(12)4-6/h2-4H,5H2,1H3. The normalized spacial score (nSPS) is 10.0. The Kier molecular flexibility index (Phi) is 3.57. The van der Waals surface area contributed by atoms with Gasteiger partial charge in [0.15, 0.2) is 11.6 Å². The fourth-order valence-electron chi connectivity index (χ4n) is 0.974. The molecule has 14 heavy (non-hydrogen) atoms. The zero-order valence-electron chi connectivity index (χ0n) is 7.43. The van der Waals surface area contributed by atoms with Gasteiger partial charge >= 0.3 is 0 Å². The van der Waals surface area contributed by atoms with Gasteiger partial charge in [-0.15, -0.1) is 0 Å². The zero-order valence-corrected chi connectivity index (χ0v) is 9.01. The van der Waals surface area contributed by atoms with Crippen molar-refractivity contribution in [3.8, 4) is 0 Å². The largest absolute Gasteiger partial charge is 0.332 e. The number of carbonyl (C=O) groups is 1. The lowest BCUT2D eigenvalue weighted by Gasteiger charge is -2.13. The summed E-state index contributed by atoms with van der Waals surface area (Å²) >= 11 is 2.75. The molecule has 1 aromatic rings. The summed E-state index contributed by atoms with van der Waals surface area (Å²) in [6.07, 6.45) is 0. The first-order chi connectivity index (χ1) is 6.50. The van der Waals surface area contributed by atoms with Crippen LogP contribution >= 0.6 is 15.9 Å². The molecule has 0 aliphatic carbocycles. The molecule has 0 saturated carbocycles. The highest BCUT2D eigenvalue weighted by molar-refractivity contribution is 9.18. The van der Waals surface area contributed by atoms with E-state index in [1.54, 1.807) is 7.05 Å². The van der Waals surface area contributed by atoms with Gasteiger partial charge in [0.05, 0.1) is 0 Å². The molecular weight excluding hydrogens is 256 g/mol. The molecule has 2 nitrogen and oxygen atoms in total. The molecule has 0 atom stereocenters. The van der Waals surface area contributed by atoms with E-state index in [1.807, 2.05) is 0 Å². The molecule has 0 fully saturated rings. The number of rotatable bonds is 2. The summed E-state index contributed by atoms with van der Waals surface area (Å²) in [5.74, 6) is -1.79. The summed E-state index contributed by atoms with van der Waals surface area (Å²) in [5.41, 5.74) is 0.541. The minimum Gasteiger partial charge on any atom is -0.332 e. The molecule has 0 radical (unpaired) electrons. The van der Waals surface area contributed by atoms with Gasteiger partial charge in [-0.3, -0.25) is 4.79 Å². The van der Waals surface area contributed by atoms with Gasteiger partial charge in [-0.2, -0.15) is 0 Å². The van der Waals surface area contributed by atoms with Crippen molar-refractivity contribution in [2.75, 3.05) is 7.05 Å². The first-order valence-electron chi connectivity index (χ1n) is 3.85. The van der Waals surface area contributed by atoms with Crippen LogP contribution in [0.1, 0.15) is 5.56 Å². The Labute approximate surface area is 88.6 Å². The lowest BCUT2D eigenvalue weighted by atomic mass is 10.2. The van der Waals surface area contributed by atoms with Crippen LogP contribution in [0.3, 0.4) is 0 Å². The number of hydrogen-bond acceptors (Lipinski definition) is 1. The average Bonchev–Trinajstić information content (AvgIpc) is 2.11. The maximum atomic E-state index is 12.7. The third kappa shape index (κ3) is 2.77. The van der Waals surface area contributed by atoms with E-state index < -0.39 is 11.6 Å². The van der Waals surface area contributed by atoms with Gasteiger partial charge in [0, 0.05) is 29.5 Å². The van der Waals surface area contributed by atoms with Crippen LogP contribution in [0.2, 0.25) is 0 Å². The van der Waals surface area contributed by atoms with Gasteiger partial charge in [-0.25, -0.2) is 8.78 Å². The molecule has 0 aliphatic heterocycles. The van der Waals surface area contributed by atoms with Crippen molar-refractivity contribution in [2.45, 2.75) is 6.54 Å². The molecule has 76 valence electrons. The average molecular weight is 264 g/mol. The van der Waals surface area contributed by atoms with Gasteiger partial charge in [-0.1, -0.05) is 6.07 Å². The molecule has 1 rings (SSSR count). The van der Waals surface area contributed by atoms with Gasteiger partial charge in [0.25, 0.3) is 4.82 Å². The second kappa shape index (κ2) is 4.50. The van der Waals surface area contributed by atoms with E-state index >= 15 is 0 Å². The molecule has 0 N–H and O–H groups in total. The minimum atomic E-state index is -0.905. The third-order valence-electron chi connectivity index (χ3n) is 1.70. The summed E-state index contributed by atoms with van der Waals surface area (Å²) in [6.45, 7) is 0.237. The molecule has 0 unspecified atom stereocenters. The van der Waals surface area contributed by atoms with Gasteiger partial charge in [-0.05, 0) is 17.7 Å². The first-order valence-corrected chi connectivity index (χ1v) is 4.64. The van der Waals surface area contributed by atoms with E-state index in [0.29, 0.717) is 5.56 Å². The molecule has 1 aromatic carbocycles. The van der Waals surface area contributed by atoms with Crippen LogP contribution in [0, 0.1) is 11.6 Å². The van der Waals surface area contributed by atoms with Gasteiger partial charge < -0.3 is 4.90 Å². The SMILES string of the molecule is CN(Cc1ccc(F)c(F)c1)C(=O)Br. The van der Waals surface area contributed by atoms with Crippen LogP contribution in [0.4, 0.5) is 13.6 Å². The molecule has 0 heterocycles. The number of halogens is 3. The number of nitrogens with zero attached hydrogens (tertiary/aromatic N) is 1. The monoisotopic (exact) mass is 263 g/mol. The third-order valence-corrected chi connectivity index (χ3v) is 2.31. The van der Waals surface area contributed by atoms with E-state index in [0.717, 1.165) is 12.1 Å². The quantitative estimate of drug-likeness (QED) is 0.594. The van der Waals surface area contributed by atoms with Crippen molar-refractivity contribution in [2.24, 2.45) is 0 Å². The lowest BCUT2D eigenvalue weighted by Crippen LogP contribution is -2.19. The summed E-state index contributed by atoms with van der Waals surface area (Å²) in [6, 6.07) is 3.55. The predicted octanol–water partition coefficient (Wildman–Crippen LogP) is 2.91. The maximum absolute atomic E-state index is 12.7. The Morgan fingerprint density at radius 3 is 2.57 bits per heavy atom. The van der Waals surface area contributed by atoms with Crippen molar-refractivity contribution >= 4 is 20.7 Å². The summed E-state index contributed by atoms with van der Waals surface area (Å²) in [4.78, 5) is 11.8. The number of amides is 1. The highest BCUT2D eigenvalue weighted by Crippen LogP contribution is 2.11. The van der Waals surface area contributed by atoms with E-state index in [1.165, 1.54) is 11.0 Å². The molecule has 1 amide bonds. The van der Waals surface area contributed by atoms with Crippen molar-refractivity contribution in [1.82, 2.24) is 4.90 Å². The van der Waals surface area contributed by atoms with Crippen molar-refractivity contribution in [1.29, 1.82) is 0 Å². The van der Waals surface area contributed by atoms with Crippen LogP contribution in [-0.4, -0.2) is 16.8 Å². The Morgan fingerprint density at radius 1 is 1.43 bits per heavy atom. The highest BCUT2D eigenvalue weighted by atomic mass is 79.9. The van der Waals surface area contributed by atoms with E-state index in [4.69, 9.17) is 0 Å². The van der Waals surface area contributed by atoms with Crippen molar-refractivity contribution in [3.63, 3.8) is 0 Å². The number of hydrogen-bond donors (Lipinski definition) is 0. The fraction of sp³-hybridized carbons (Fsp3) is 0.222. The highest BCUT2D eigenvalue weighted by Gasteiger charge is 2.07. The first kappa shape index (κ1) is 11.1. The minimum absolute atomic E-state index is 0.237. The molecular formula is C9H8BrF2NO. The number of carbonyl (C=O) groups excluding carboxylic acids is 1. The molecule has 0 saturated heterocycles. The van der Waals surface area contributed by atoms with Crippen LogP contribution in [0.15, 0.2) is 18.2 Å². The van der Waals surface area contributed by atoms with Crippen LogP contribution < -0.4 is 0 Å². The number of benzene rings is 1. The fourth-order valence-corrected chi connectivity index (χ4v) is 1.10. The van der Waals surface area contributed by atoms with E-state index in [9.17, 15) is 13.6 Å². The molecule has 0 spiro atoms. The van der Waals surface area contributed by atoms with Crippen LogP contribution in [0.5, 0.6) is 0 Å². The Balaban J connectivity index is 2.78. The molecule has 0 aromatic heterocycles.